The Morgan fingerprint density at radius 3 is 2.50 bits per heavy atom. The lowest BCUT2D eigenvalue weighted by Gasteiger charge is -2.03. The standard InChI is InChI=1S/C8H7BrO3/c1-4-2-5(9)7(8(11)12)6(10)3-4/h2-3,10H,1H3,(H,11,12). The largest absolute Gasteiger partial charge is 0.507 e. The van der Waals surface area contributed by atoms with E-state index in [1.165, 1.54) is 6.07 Å². The molecule has 1 aromatic rings. The number of hydrogen-bond acceptors (Lipinski definition) is 2. The molecular weight excluding hydrogens is 224 g/mol. The fraction of sp³-hybridized carbons (Fsp3) is 0.125. The number of carboxylic acids is 1. The van der Waals surface area contributed by atoms with Crippen LogP contribution in [-0.2, 0) is 0 Å². The van der Waals surface area contributed by atoms with Crippen LogP contribution in [0.5, 0.6) is 5.75 Å². The zero-order chi connectivity index (χ0) is 9.30. The molecule has 0 bridgehead atoms. The van der Waals surface area contributed by atoms with Gasteiger partial charge in [-0.1, -0.05) is 0 Å². The molecule has 0 saturated heterocycles. The number of carbonyl (C=O) groups is 1. The topological polar surface area (TPSA) is 57.5 Å². The Bertz CT molecular complexity index is 310. The quantitative estimate of drug-likeness (QED) is 0.778. The highest BCUT2D eigenvalue weighted by atomic mass is 79.9. The molecule has 0 aliphatic carbocycles. The minimum Gasteiger partial charge on any atom is -0.507 e. The van der Waals surface area contributed by atoms with E-state index in [4.69, 9.17) is 5.11 Å². The van der Waals surface area contributed by atoms with E-state index in [9.17, 15) is 9.90 Å². The summed E-state index contributed by atoms with van der Waals surface area (Å²) in [7, 11) is 0. The van der Waals surface area contributed by atoms with Gasteiger partial charge in [0, 0.05) is 4.47 Å². The van der Waals surface area contributed by atoms with E-state index in [0.29, 0.717) is 4.47 Å². The van der Waals surface area contributed by atoms with E-state index in [-0.39, 0.29) is 11.3 Å². The second-order valence-electron chi connectivity index (χ2n) is 2.45. The number of halogens is 1. The SMILES string of the molecule is Cc1cc(O)c(C(=O)O)c(Br)c1. The molecule has 0 aliphatic rings. The summed E-state index contributed by atoms with van der Waals surface area (Å²) in [5.74, 6) is -1.35. The van der Waals surface area contributed by atoms with Crippen molar-refractivity contribution in [3.05, 3.63) is 27.7 Å². The molecule has 0 atom stereocenters. The predicted octanol–water partition coefficient (Wildman–Crippen LogP) is 2.16. The number of carboxylic acid groups (broad SMARTS) is 1. The maximum absolute atomic E-state index is 10.6. The van der Waals surface area contributed by atoms with Crippen molar-refractivity contribution in [2.75, 3.05) is 0 Å². The molecule has 0 heterocycles. The van der Waals surface area contributed by atoms with Gasteiger partial charge in [-0.3, -0.25) is 0 Å². The molecule has 12 heavy (non-hydrogen) atoms. The first kappa shape index (κ1) is 9.06. The first-order chi connectivity index (χ1) is 5.52. The van der Waals surface area contributed by atoms with E-state index in [2.05, 4.69) is 15.9 Å². The summed E-state index contributed by atoms with van der Waals surface area (Å²) in [6.45, 7) is 1.77. The Hall–Kier alpha value is -1.03. The number of phenols is 1. The molecule has 0 aromatic heterocycles. The minimum absolute atomic E-state index is 0.0967. The van der Waals surface area contributed by atoms with Crippen molar-refractivity contribution in [2.24, 2.45) is 0 Å². The molecule has 0 radical (unpaired) electrons. The predicted molar refractivity (Wildman–Crippen MR) is 47.5 cm³/mol. The zero-order valence-corrected chi connectivity index (χ0v) is 7.92. The molecule has 0 aliphatic heterocycles. The van der Waals surface area contributed by atoms with E-state index < -0.39 is 5.97 Å². The van der Waals surface area contributed by atoms with E-state index >= 15 is 0 Å². The van der Waals surface area contributed by atoms with Crippen LogP contribution in [0.15, 0.2) is 16.6 Å². The lowest BCUT2D eigenvalue weighted by atomic mass is 10.1. The third kappa shape index (κ3) is 1.58. The lowest BCUT2D eigenvalue weighted by molar-refractivity contribution is 0.0692. The van der Waals surface area contributed by atoms with Crippen molar-refractivity contribution in [3.63, 3.8) is 0 Å². The Balaban J connectivity index is 3.38. The van der Waals surface area contributed by atoms with Crippen molar-refractivity contribution < 1.29 is 15.0 Å². The van der Waals surface area contributed by atoms with Crippen molar-refractivity contribution >= 4 is 21.9 Å². The smallest absolute Gasteiger partial charge is 0.340 e. The molecule has 1 rings (SSSR count). The summed E-state index contributed by atoms with van der Waals surface area (Å²) in [5.41, 5.74) is 0.713. The van der Waals surface area contributed by atoms with Crippen LogP contribution in [0.3, 0.4) is 0 Å². The molecule has 0 fully saturated rings. The fourth-order valence-electron chi connectivity index (χ4n) is 0.936. The monoisotopic (exact) mass is 230 g/mol. The Kier molecular flexibility index (Phi) is 2.38. The molecule has 3 nitrogen and oxygen atoms in total. The van der Waals surface area contributed by atoms with Gasteiger partial charge >= 0.3 is 5.97 Å². The van der Waals surface area contributed by atoms with Crippen LogP contribution in [0.2, 0.25) is 0 Å². The third-order valence-corrected chi connectivity index (χ3v) is 2.05. The zero-order valence-electron chi connectivity index (χ0n) is 6.34. The number of benzene rings is 1. The van der Waals surface area contributed by atoms with Crippen LogP contribution in [0, 0.1) is 6.92 Å². The molecule has 0 amide bonds. The highest BCUT2D eigenvalue weighted by Gasteiger charge is 2.13. The lowest BCUT2D eigenvalue weighted by Crippen LogP contribution is -1.98. The Labute approximate surface area is 77.8 Å². The maximum Gasteiger partial charge on any atom is 0.340 e. The summed E-state index contributed by atoms with van der Waals surface area (Å²) >= 11 is 3.06. The second kappa shape index (κ2) is 3.15. The maximum atomic E-state index is 10.6. The van der Waals surface area contributed by atoms with Gasteiger partial charge in [0.1, 0.15) is 11.3 Å². The van der Waals surface area contributed by atoms with Crippen LogP contribution in [0.1, 0.15) is 15.9 Å². The Morgan fingerprint density at radius 2 is 2.08 bits per heavy atom. The number of aryl methyl sites for hydroxylation is 1. The van der Waals surface area contributed by atoms with Gasteiger partial charge in [0.25, 0.3) is 0 Å². The van der Waals surface area contributed by atoms with E-state index in [1.807, 2.05) is 0 Å². The van der Waals surface area contributed by atoms with Crippen molar-refractivity contribution in [1.29, 1.82) is 0 Å². The van der Waals surface area contributed by atoms with Crippen LogP contribution in [-0.4, -0.2) is 16.2 Å². The Morgan fingerprint density at radius 1 is 1.50 bits per heavy atom. The van der Waals surface area contributed by atoms with Crippen molar-refractivity contribution in [3.8, 4) is 5.75 Å². The van der Waals surface area contributed by atoms with Crippen molar-refractivity contribution in [2.45, 2.75) is 6.92 Å². The number of rotatable bonds is 1. The highest BCUT2D eigenvalue weighted by molar-refractivity contribution is 9.10. The molecule has 2 N–H and O–H groups in total. The molecular formula is C8H7BrO3. The van der Waals surface area contributed by atoms with Gasteiger partial charge in [-0.2, -0.15) is 0 Å². The fourth-order valence-corrected chi connectivity index (χ4v) is 1.67. The van der Waals surface area contributed by atoms with Gasteiger partial charge in [-0.15, -0.1) is 0 Å². The first-order valence-corrected chi connectivity index (χ1v) is 4.04. The summed E-state index contributed by atoms with van der Waals surface area (Å²) in [4.78, 5) is 10.6. The molecule has 0 unspecified atom stereocenters. The van der Waals surface area contributed by atoms with Gasteiger partial charge in [0.05, 0.1) is 0 Å². The summed E-state index contributed by atoms with van der Waals surface area (Å²) in [6, 6.07) is 3.05. The van der Waals surface area contributed by atoms with Crippen LogP contribution >= 0.6 is 15.9 Å². The van der Waals surface area contributed by atoms with Gasteiger partial charge in [-0.25, -0.2) is 4.79 Å². The van der Waals surface area contributed by atoms with E-state index in [1.54, 1.807) is 13.0 Å². The van der Waals surface area contributed by atoms with Gasteiger partial charge in [0.15, 0.2) is 0 Å². The second-order valence-corrected chi connectivity index (χ2v) is 3.30. The average molecular weight is 231 g/mol. The highest BCUT2D eigenvalue weighted by Crippen LogP contribution is 2.27. The van der Waals surface area contributed by atoms with Gasteiger partial charge in [-0.05, 0) is 40.5 Å². The minimum atomic E-state index is -1.14. The molecule has 0 spiro atoms. The van der Waals surface area contributed by atoms with Gasteiger partial charge in [0.2, 0.25) is 0 Å². The first-order valence-electron chi connectivity index (χ1n) is 3.25. The van der Waals surface area contributed by atoms with Crippen LogP contribution in [0.4, 0.5) is 0 Å². The number of hydrogen-bond donors (Lipinski definition) is 2. The number of aromatic carboxylic acids is 1. The molecule has 64 valence electrons. The third-order valence-electron chi connectivity index (χ3n) is 1.43. The van der Waals surface area contributed by atoms with Gasteiger partial charge < -0.3 is 10.2 Å². The number of aromatic hydroxyl groups is 1. The van der Waals surface area contributed by atoms with Crippen molar-refractivity contribution in [1.82, 2.24) is 0 Å². The summed E-state index contributed by atoms with van der Waals surface area (Å²) in [5, 5.41) is 17.9. The molecule has 4 heteroatoms. The van der Waals surface area contributed by atoms with E-state index in [0.717, 1.165) is 5.56 Å². The van der Waals surface area contributed by atoms with Crippen LogP contribution in [0.25, 0.3) is 0 Å². The van der Waals surface area contributed by atoms with Crippen LogP contribution < -0.4 is 0 Å². The molecule has 0 saturated carbocycles. The molecule has 1 aromatic carbocycles. The summed E-state index contributed by atoms with van der Waals surface area (Å²) in [6.07, 6.45) is 0. The average Bonchev–Trinajstić information content (AvgIpc) is 1.82. The normalized spacial score (nSPS) is 9.83. The summed E-state index contributed by atoms with van der Waals surface area (Å²) < 4.78 is 0.396.